The maximum Gasteiger partial charge on any atom is 0.337 e. The van der Waals surface area contributed by atoms with Gasteiger partial charge in [-0.15, -0.1) is 0 Å². The van der Waals surface area contributed by atoms with Crippen LogP contribution in [0.1, 0.15) is 50.5 Å². The molecule has 2 rings (SSSR count). The number of carbonyl (C=O) groups is 2. The molecule has 34 heavy (non-hydrogen) atoms. The van der Waals surface area contributed by atoms with Crippen LogP contribution in [0.2, 0.25) is 0 Å². The number of esters is 2. The van der Waals surface area contributed by atoms with Gasteiger partial charge >= 0.3 is 11.9 Å². The Bertz CT molecular complexity index is 1090. The molecule has 0 fully saturated rings. The highest BCUT2D eigenvalue weighted by atomic mass is 32.2. The highest BCUT2D eigenvalue weighted by Gasteiger charge is 2.40. The summed E-state index contributed by atoms with van der Waals surface area (Å²) in [6.45, 7) is 8.64. The number of sulfonamides is 1. The van der Waals surface area contributed by atoms with Crippen molar-refractivity contribution in [3.8, 4) is 5.75 Å². The molecule has 1 atom stereocenters. The Labute approximate surface area is 201 Å². The van der Waals surface area contributed by atoms with Crippen molar-refractivity contribution in [3.05, 3.63) is 59.7 Å². The predicted octanol–water partition coefficient (Wildman–Crippen LogP) is 4.04. The van der Waals surface area contributed by atoms with Gasteiger partial charge in [0.05, 0.1) is 24.7 Å². The van der Waals surface area contributed by atoms with E-state index < -0.39 is 33.6 Å². The van der Waals surface area contributed by atoms with E-state index in [0.717, 1.165) is 4.31 Å². The van der Waals surface area contributed by atoms with Gasteiger partial charge < -0.3 is 14.2 Å². The summed E-state index contributed by atoms with van der Waals surface area (Å²) in [5.41, 5.74) is 0.143. The minimum absolute atomic E-state index is 0.0219. The second kappa shape index (κ2) is 11.0. The Morgan fingerprint density at radius 2 is 1.50 bits per heavy atom. The van der Waals surface area contributed by atoms with E-state index in [1.54, 1.807) is 71.0 Å². The maximum absolute atomic E-state index is 13.8. The van der Waals surface area contributed by atoms with Crippen LogP contribution in [0.25, 0.3) is 0 Å². The molecule has 0 amide bonds. The summed E-state index contributed by atoms with van der Waals surface area (Å²) in [7, 11) is -1.34. The highest BCUT2D eigenvalue weighted by molar-refractivity contribution is 7.89. The van der Waals surface area contributed by atoms with Gasteiger partial charge in [0.15, 0.2) is 0 Å². The summed E-state index contributed by atoms with van der Waals surface area (Å²) in [4.78, 5) is 25.0. The standard InChI is InChI=1S/C25H33NO7S/c1-17(2)22(24(28)33-25(3,4)5)26(16-18-8-10-19(11-9-18)23(27)32-7)34(29,30)21-14-12-20(31-6)13-15-21/h8-15,17,22H,16H2,1-7H3/t22-/m1/s1. The third kappa shape index (κ3) is 6.80. The number of methoxy groups -OCH3 is 2. The average molecular weight is 492 g/mol. The van der Waals surface area contributed by atoms with E-state index in [9.17, 15) is 18.0 Å². The lowest BCUT2D eigenvalue weighted by atomic mass is 10.0. The number of carbonyl (C=O) groups excluding carboxylic acids is 2. The SMILES string of the molecule is COC(=O)c1ccc(CN([C@@H](C(=O)OC(C)(C)C)C(C)C)S(=O)(=O)c2ccc(OC)cc2)cc1. The van der Waals surface area contributed by atoms with E-state index in [2.05, 4.69) is 0 Å². The molecule has 0 saturated carbocycles. The lowest BCUT2D eigenvalue weighted by molar-refractivity contribution is -0.161. The van der Waals surface area contributed by atoms with Crippen LogP contribution < -0.4 is 4.74 Å². The lowest BCUT2D eigenvalue weighted by Gasteiger charge is -2.34. The Hall–Kier alpha value is -2.91. The number of hydrogen-bond donors (Lipinski definition) is 0. The molecule has 9 heteroatoms. The normalized spacial score (nSPS) is 13.0. The minimum atomic E-state index is -4.11. The van der Waals surface area contributed by atoms with Crippen LogP contribution in [0, 0.1) is 5.92 Å². The molecule has 0 bridgehead atoms. The fourth-order valence-corrected chi connectivity index (χ4v) is 5.04. The summed E-state index contributed by atoms with van der Waals surface area (Å²) in [5.74, 6) is -0.998. The van der Waals surface area contributed by atoms with Crippen molar-refractivity contribution in [1.29, 1.82) is 0 Å². The molecule has 0 aliphatic rings. The van der Waals surface area contributed by atoms with Gasteiger partial charge in [-0.2, -0.15) is 4.31 Å². The molecule has 2 aromatic carbocycles. The van der Waals surface area contributed by atoms with Gasteiger partial charge in [-0.05, 0) is 68.7 Å². The predicted molar refractivity (Wildman–Crippen MR) is 128 cm³/mol. The zero-order valence-corrected chi connectivity index (χ0v) is 21.5. The number of ether oxygens (including phenoxy) is 3. The topological polar surface area (TPSA) is 99.2 Å². The van der Waals surface area contributed by atoms with E-state index >= 15 is 0 Å². The molecule has 0 aromatic heterocycles. The van der Waals surface area contributed by atoms with E-state index in [0.29, 0.717) is 16.9 Å². The van der Waals surface area contributed by atoms with Crippen molar-refractivity contribution in [2.24, 2.45) is 5.92 Å². The Kier molecular flexibility index (Phi) is 8.85. The zero-order valence-electron chi connectivity index (χ0n) is 20.7. The first-order valence-electron chi connectivity index (χ1n) is 10.9. The molecule has 186 valence electrons. The van der Waals surface area contributed by atoms with Gasteiger partial charge in [-0.1, -0.05) is 26.0 Å². The molecule has 0 radical (unpaired) electrons. The highest BCUT2D eigenvalue weighted by Crippen LogP contribution is 2.28. The number of nitrogens with zero attached hydrogens (tertiary/aromatic N) is 1. The van der Waals surface area contributed by atoms with Crippen molar-refractivity contribution in [2.45, 2.75) is 57.7 Å². The third-order valence-electron chi connectivity index (χ3n) is 4.97. The molecule has 0 aliphatic heterocycles. The first-order chi connectivity index (χ1) is 15.8. The minimum Gasteiger partial charge on any atom is -0.497 e. The molecular formula is C25H33NO7S. The van der Waals surface area contributed by atoms with Gasteiger partial charge in [0, 0.05) is 6.54 Å². The third-order valence-corrected chi connectivity index (χ3v) is 6.81. The molecule has 0 heterocycles. The second-order valence-corrected chi connectivity index (χ2v) is 11.0. The first kappa shape index (κ1) is 27.3. The smallest absolute Gasteiger partial charge is 0.337 e. The number of hydrogen-bond acceptors (Lipinski definition) is 7. The van der Waals surface area contributed by atoms with Crippen LogP contribution in [0.15, 0.2) is 53.4 Å². The van der Waals surface area contributed by atoms with Crippen molar-refractivity contribution in [1.82, 2.24) is 4.31 Å². The molecule has 0 saturated heterocycles. The van der Waals surface area contributed by atoms with E-state index in [1.807, 2.05) is 0 Å². The van der Waals surface area contributed by atoms with Crippen LogP contribution in [0.5, 0.6) is 5.75 Å². The molecule has 0 unspecified atom stereocenters. The number of benzene rings is 2. The molecule has 0 N–H and O–H groups in total. The largest absolute Gasteiger partial charge is 0.497 e. The van der Waals surface area contributed by atoms with Crippen molar-refractivity contribution in [3.63, 3.8) is 0 Å². The van der Waals surface area contributed by atoms with Gasteiger partial charge in [0.25, 0.3) is 0 Å². The van der Waals surface area contributed by atoms with Crippen molar-refractivity contribution in [2.75, 3.05) is 14.2 Å². The van der Waals surface area contributed by atoms with Crippen LogP contribution in [-0.4, -0.2) is 50.5 Å². The summed E-state index contributed by atoms with van der Waals surface area (Å²) >= 11 is 0. The molecular weight excluding hydrogens is 458 g/mol. The zero-order chi connectivity index (χ0) is 25.7. The Morgan fingerprint density at radius 1 is 0.941 bits per heavy atom. The fraction of sp³-hybridized carbons (Fsp3) is 0.440. The van der Waals surface area contributed by atoms with Crippen molar-refractivity contribution < 1.29 is 32.2 Å². The Morgan fingerprint density at radius 3 is 1.94 bits per heavy atom. The quantitative estimate of drug-likeness (QED) is 0.488. The van der Waals surface area contributed by atoms with E-state index in [4.69, 9.17) is 14.2 Å². The molecule has 0 aliphatic carbocycles. The summed E-state index contributed by atoms with van der Waals surface area (Å²) in [5, 5.41) is 0. The monoisotopic (exact) mass is 491 g/mol. The molecule has 0 spiro atoms. The van der Waals surface area contributed by atoms with Crippen LogP contribution in [0.4, 0.5) is 0 Å². The number of rotatable bonds is 9. The van der Waals surface area contributed by atoms with Crippen LogP contribution in [0.3, 0.4) is 0 Å². The Balaban J connectivity index is 2.56. The second-order valence-electron chi connectivity index (χ2n) is 9.14. The maximum atomic E-state index is 13.8. The van der Waals surface area contributed by atoms with Crippen molar-refractivity contribution >= 4 is 22.0 Å². The van der Waals surface area contributed by atoms with E-state index in [1.165, 1.54) is 26.4 Å². The van der Waals surface area contributed by atoms with Gasteiger partial charge in [-0.25, -0.2) is 13.2 Å². The van der Waals surface area contributed by atoms with E-state index in [-0.39, 0.29) is 17.4 Å². The molecule has 2 aromatic rings. The fourth-order valence-electron chi connectivity index (χ4n) is 3.34. The van der Waals surface area contributed by atoms with Gasteiger partial charge in [0.1, 0.15) is 17.4 Å². The van der Waals surface area contributed by atoms with Gasteiger partial charge in [-0.3, -0.25) is 4.79 Å². The van der Waals surface area contributed by atoms with Crippen LogP contribution in [-0.2, 0) is 30.8 Å². The first-order valence-corrected chi connectivity index (χ1v) is 12.3. The van der Waals surface area contributed by atoms with Crippen LogP contribution >= 0.6 is 0 Å². The average Bonchev–Trinajstić information content (AvgIpc) is 2.77. The molecule has 8 nitrogen and oxygen atoms in total. The lowest BCUT2D eigenvalue weighted by Crippen LogP contribution is -2.49. The van der Waals surface area contributed by atoms with Gasteiger partial charge in [0.2, 0.25) is 10.0 Å². The summed E-state index contributed by atoms with van der Waals surface area (Å²) in [6, 6.07) is 11.3. The summed E-state index contributed by atoms with van der Waals surface area (Å²) in [6.07, 6.45) is 0. The summed E-state index contributed by atoms with van der Waals surface area (Å²) < 4.78 is 44.1.